The third kappa shape index (κ3) is 1.87. The molecule has 2 fully saturated rings. The summed E-state index contributed by atoms with van der Waals surface area (Å²) in [5.41, 5.74) is 2.94. The van der Waals surface area contributed by atoms with Gasteiger partial charge in [-0.25, -0.2) is 0 Å². The zero-order valence-electron chi connectivity index (χ0n) is 11.9. The van der Waals surface area contributed by atoms with E-state index in [2.05, 4.69) is 34.5 Å². The molecule has 2 heterocycles. The average Bonchev–Trinajstić information content (AvgIpc) is 3.07. The largest absolute Gasteiger partial charge is 0.356 e. The Hall–Kier alpha value is -1.35. The van der Waals surface area contributed by atoms with Crippen LogP contribution in [0.1, 0.15) is 30.4 Å². The quantitative estimate of drug-likeness (QED) is 0.843. The van der Waals surface area contributed by atoms with E-state index in [4.69, 9.17) is 0 Å². The predicted molar refractivity (Wildman–Crippen MR) is 78.5 cm³/mol. The monoisotopic (exact) mass is 270 g/mol. The molecule has 1 aromatic carbocycles. The molecule has 20 heavy (non-hydrogen) atoms. The number of carbonyl (C=O) groups excluding carboxylic acids is 1. The number of carbonyl (C=O) groups is 1. The van der Waals surface area contributed by atoms with Gasteiger partial charge in [0.25, 0.3) is 0 Å². The van der Waals surface area contributed by atoms with Crippen LogP contribution in [0.3, 0.4) is 0 Å². The maximum absolute atomic E-state index is 12.3. The molecule has 106 valence electrons. The molecule has 4 rings (SSSR count). The Bertz CT molecular complexity index is 517. The van der Waals surface area contributed by atoms with Gasteiger partial charge in [-0.05, 0) is 49.8 Å². The second-order valence-corrected chi connectivity index (χ2v) is 6.69. The molecule has 1 amide bonds. The van der Waals surface area contributed by atoms with Gasteiger partial charge < -0.3 is 5.32 Å². The summed E-state index contributed by atoms with van der Waals surface area (Å²) < 4.78 is 0. The molecule has 3 aliphatic rings. The van der Waals surface area contributed by atoms with Crippen LogP contribution in [0.4, 0.5) is 0 Å². The molecule has 0 aromatic heterocycles. The highest BCUT2D eigenvalue weighted by Gasteiger charge is 2.47. The van der Waals surface area contributed by atoms with Gasteiger partial charge in [-0.3, -0.25) is 9.69 Å². The number of benzene rings is 1. The topological polar surface area (TPSA) is 32.3 Å². The number of rotatable bonds is 1. The second-order valence-electron chi connectivity index (χ2n) is 6.69. The fraction of sp³-hybridized carbons (Fsp3) is 0.588. The first-order chi connectivity index (χ1) is 9.77. The summed E-state index contributed by atoms with van der Waals surface area (Å²) in [5, 5.41) is 3.08. The molecule has 0 bridgehead atoms. The molecule has 3 nitrogen and oxygen atoms in total. The van der Waals surface area contributed by atoms with E-state index in [1.54, 1.807) is 0 Å². The number of likely N-dealkylation sites (tertiary alicyclic amines) is 1. The summed E-state index contributed by atoms with van der Waals surface area (Å²) in [5.74, 6) is 0.307. The SMILES string of the molecule is O=C1NCCC[C@@]12CCN(C1Cc3ccccc3C1)C2. The number of fused-ring (bicyclic) bond motifs is 1. The highest BCUT2D eigenvalue weighted by Crippen LogP contribution is 2.40. The lowest BCUT2D eigenvalue weighted by Gasteiger charge is -2.33. The molecule has 3 heteroatoms. The highest BCUT2D eigenvalue weighted by atomic mass is 16.2. The number of piperidine rings is 1. The number of hydrogen-bond acceptors (Lipinski definition) is 2. The highest BCUT2D eigenvalue weighted by molar-refractivity contribution is 5.84. The second kappa shape index (κ2) is 4.59. The lowest BCUT2D eigenvalue weighted by Crippen LogP contribution is -2.48. The molecule has 0 radical (unpaired) electrons. The first-order valence-electron chi connectivity index (χ1n) is 7.86. The van der Waals surface area contributed by atoms with Crippen molar-refractivity contribution >= 4 is 5.91 Å². The number of amides is 1. The van der Waals surface area contributed by atoms with Crippen LogP contribution in [0.25, 0.3) is 0 Å². The Labute approximate surface area is 120 Å². The summed E-state index contributed by atoms with van der Waals surface area (Å²) in [6, 6.07) is 9.41. The Kier molecular flexibility index (Phi) is 2.84. The first kappa shape index (κ1) is 12.4. The molecule has 1 aromatic rings. The summed E-state index contributed by atoms with van der Waals surface area (Å²) >= 11 is 0. The van der Waals surface area contributed by atoms with Gasteiger partial charge in [0, 0.05) is 19.1 Å². The molecular weight excluding hydrogens is 248 g/mol. The van der Waals surface area contributed by atoms with Crippen molar-refractivity contribution in [2.24, 2.45) is 5.41 Å². The van der Waals surface area contributed by atoms with E-state index in [-0.39, 0.29) is 5.41 Å². The van der Waals surface area contributed by atoms with Crippen molar-refractivity contribution in [2.75, 3.05) is 19.6 Å². The van der Waals surface area contributed by atoms with Gasteiger partial charge in [0.2, 0.25) is 5.91 Å². The van der Waals surface area contributed by atoms with E-state index in [9.17, 15) is 4.79 Å². The van der Waals surface area contributed by atoms with Crippen molar-refractivity contribution in [1.82, 2.24) is 10.2 Å². The van der Waals surface area contributed by atoms with Crippen LogP contribution in [0, 0.1) is 5.41 Å². The zero-order chi connectivity index (χ0) is 13.6. The Balaban J connectivity index is 1.49. The molecule has 0 unspecified atom stereocenters. The van der Waals surface area contributed by atoms with Crippen LogP contribution in [-0.4, -0.2) is 36.5 Å². The number of nitrogens with one attached hydrogen (secondary N) is 1. The minimum absolute atomic E-state index is 0.0764. The molecule has 0 saturated carbocycles. The van der Waals surface area contributed by atoms with E-state index in [0.717, 1.165) is 51.7 Å². The van der Waals surface area contributed by atoms with E-state index in [0.29, 0.717) is 11.9 Å². The van der Waals surface area contributed by atoms with Gasteiger partial charge in [0.15, 0.2) is 0 Å². The lowest BCUT2D eigenvalue weighted by molar-refractivity contribution is -0.132. The van der Waals surface area contributed by atoms with E-state index < -0.39 is 0 Å². The van der Waals surface area contributed by atoms with Crippen molar-refractivity contribution in [3.63, 3.8) is 0 Å². The van der Waals surface area contributed by atoms with Crippen LogP contribution in [0.15, 0.2) is 24.3 Å². The summed E-state index contributed by atoms with van der Waals surface area (Å²) in [6.07, 6.45) is 5.59. The number of hydrogen-bond donors (Lipinski definition) is 1. The van der Waals surface area contributed by atoms with Crippen LogP contribution >= 0.6 is 0 Å². The van der Waals surface area contributed by atoms with Gasteiger partial charge in [-0.1, -0.05) is 24.3 Å². The van der Waals surface area contributed by atoms with Crippen molar-refractivity contribution in [3.05, 3.63) is 35.4 Å². The van der Waals surface area contributed by atoms with E-state index in [1.165, 1.54) is 11.1 Å². The van der Waals surface area contributed by atoms with Crippen molar-refractivity contribution in [3.8, 4) is 0 Å². The fourth-order valence-corrected chi connectivity index (χ4v) is 4.33. The third-order valence-corrected chi connectivity index (χ3v) is 5.53. The average molecular weight is 270 g/mol. The molecule has 1 N–H and O–H groups in total. The third-order valence-electron chi connectivity index (χ3n) is 5.53. The standard InChI is InChI=1S/C17H22N2O/c20-16-17(6-3-8-18-16)7-9-19(12-17)15-10-13-4-1-2-5-14(13)11-15/h1-2,4-5,15H,3,6-12H2,(H,18,20)/t17-/m0/s1. The van der Waals surface area contributed by atoms with Crippen LogP contribution in [-0.2, 0) is 17.6 Å². The van der Waals surface area contributed by atoms with Crippen LogP contribution in [0.5, 0.6) is 0 Å². The van der Waals surface area contributed by atoms with E-state index >= 15 is 0 Å². The summed E-state index contributed by atoms with van der Waals surface area (Å²) in [4.78, 5) is 14.8. The minimum Gasteiger partial charge on any atom is -0.356 e. The Morgan fingerprint density at radius 2 is 1.90 bits per heavy atom. The van der Waals surface area contributed by atoms with Gasteiger partial charge in [0.1, 0.15) is 0 Å². The van der Waals surface area contributed by atoms with Gasteiger partial charge in [0.05, 0.1) is 5.41 Å². The molecule has 1 atom stereocenters. The smallest absolute Gasteiger partial charge is 0.227 e. The van der Waals surface area contributed by atoms with Crippen molar-refractivity contribution < 1.29 is 4.79 Å². The molecule has 1 spiro atoms. The zero-order valence-corrected chi connectivity index (χ0v) is 11.9. The predicted octanol–water partition coefficient (Wildman–Crippen LogP) is 1.76. The maximum Gasteiger partial charge on any atom is 0.227 e. The normalized spacial score (nSPS) is 30.7. The molecule has 2 saturated heterocycles. The van der Waals surface area contributed by atoms with Gasteiger partial charge in [-0.2, -0.15) is 0 Å². The van der Waals surface area contributed by atoms with Crippen LogP contribution in [0.2, 0.25) is 0 Å². The first-order valence-corrected chi connectivity index (χ1v) is 7.86. The van der Waals surface area contributed by atoms with Gasteiger partial charge >= 0.3 is 0 Å². The Morgan fingerprint density at radius 1 is 1.15 bits per heavy atom. The maximum atomic E-state index is 12.3. The number of nitrogens with zero attached hydrogens (tertiary/aromatic N) is 1. The summed E-state index contributed by atoms with van der Waals surface area (Å²) in [6.45, 7) is 2.93. The van der Waals surface area contributed by atoms with Gasteiger partial charge in [-0.15, -0.1) is 0 Å². The van der Waals surface area contributed by atoms with Crippen LogP contribution < -0.4 is 5.32 Å². The fourth-order valence-electron chi connectivity index (χ4n) is 4.33. The molecular formula is C17H22N2O. The minimum atomic E-state index is -0.0764. The lowest BCUT2D eigenvalue weighted by atomic mass is 9.79. The molecule has 1 aliphatic carbocycles. The Morgan fingerprint density at radius 3 is 2.60 bits per heavy atom. The molecule has 2 aliphatic heterocycles. The van der Waals surface area contributed by atoms with Crippen molar-refractivity contribution in [1.29, 1.82) is 0 Å². The van der Waals surface area contributed by atoms with E-state index in [1.807, 2.05) is 0 Å². The summed E-state index contributed by atoms with van der Waals surface area (Å²) in [7, 11) is 0. The van der Waals surface area contributed by atoms with Crippen molar-refractivity contribution in [2.45, 2.75) is 38.1 Å².